The van der Waals surface area contributed by atoms with Crippen LogP contribution in [0.15, 0.2) is 30.6 Å². The number of anilines is 2. The number of hydrogen-bond donors (Lipinski definition) is 2. The van der Waals surface area contributed by atoms with Crippen molar-refractivity contribution in [2.45, 2.75) is 26.3 Å². The van der Waals surface area contributed by atoms with Gasteiger partial charge in [0.1, 0.15) is 17.5 Å². The van der Waals surface area contributed by atoms with Gasteiger partial charge >= 0.3 is 0 Å². The van der Waals surface area contributed by atoms with E-state index in [-0.39, 0.29) is 0 Å². The predicted molar refractivity (Wildman–Crippen MR) is 72.0 cm³/mol. The lowest BCUT2D eigenvalue weighted by molar-refractivity contribution is 0.836. The van der Waals surface area contributed by atoms with Crippen LogP contribution in [0, 0.1) is 0 Å². The van der Waals surface area contributed by atoms with E-state index in [1.807, 2.05) is 12.1 Å². The van der Waals surface area contributed by atoms with Gasteiger partial charge in [0.15, 0.2) is 0 Å². The molecule has 2 heterocycles. The van der Waals surface area contributed by atoms with Gasteiger partial charge in [0.05, 0.1) is 0 Å². The average molecular weight is 243 g/mol. The second-order valence-corrected chi connectivity index (χ2v) is 4.05. The number of hydrogen-bond acceptors (Lipinski definition) is 5. The Hall–Kier alpha value is -2.17. The largest absolute Gasteiger partial charge is 0.384 e. The van der Waals surface area contributed by atoms with Crippen molar-refractivity contribution in [3.8, 4) is 0 Å². The number of aryl methyl sites for hydroxylation is 1. The van der Waals surface area contributed by atoms with Crippen LogP contribution in [0.5, 0.6) is 0 Å². The minimum absolute atomic E-state index is 0.505. The van der Waals surface area contributed by atoms with Gasteiger partial charge in [-0.3, -0.25) is 4.98 Å². The maximum absolute atomic E-state index is 5.76. The molecule has 0 saturated carbocycles. The lowest BCUT2D eigenvalue weighted by Crippen LogP contribution is -2.06. The summed E-state index contributed by atoms with van der Waals surface area (Å²) >= 11 is 0. The summed E-state index contributed by atoms with van der Waals surface area (Å²) in [6.45, 7) is 2.79. The van der Waals surface area contributed by atoms with Gasteiger partial charge < -0.3 is 11.1 Å². The minimum atomic E-state index is 0.505. The summed E-state index contributed by atoms with van der Waals surface area (Å²) in [4.78, 5) is 12.6. The first-order valence-corrected chi connectivity index (χ1v) is 6.04. The molecule has 5 heteroatoms. The quantitative estimate of drug-likeness (QED) is 0.840. The maximum Gasteiger partial charge on any atom is 0.133 e. The molecule has 0 unspecified atom stereocenters. The summed E-state index contributed by atoms with van der Waals surface area (Å²) < 4.78 is 0. The Morgan fingerprint density at radius 1 is 1.22 bits per heavy atom. The van der Waals surface area contributed by atoms with E-state index in [0.717, 1.165) is 30.0 Å². The van der Waals surface area contributed by atoms with Crippen LogP contribution in [-0.4, -0.2) is 15.0 Å². The highest BCUT2D eigenvalue weighted by molar-refractivity contribution is 5.45. The fourth-order valence-electron chi connectivity index (χ4n) is 1.64. The molecule has 5 nitrogen and oxygen atoms in total. The highest BCUT2D eigenvalue weighted by Crippen LogP contribution is 2.11. The van der Waals surface area contributed by atoms with Crippen LogP contribution in [-0.2, 0) is 13.0 Å². The van der Waals surface area contributed by atoms with Gasteiger partial charge in [0.25, 0.3) is 0 Å². The van der Waals surface area contributed by atoms with Crippen molar-refractivity contribution in [1.29, 1.82) is 0 Å². The molecule has 0 aliphatic rings. The standard InChI is InChI=1S/C13H17N5/c1-2-3-12-17-11(14)8-13(18-12)16-9-10-4-6-15-7-5-10/h4-8H,2-3,9H2,1H3,(H3,14,16,17,18). The topological polar surface area (TPSA) is 76.7 Å². The van der Waals surface area contributed by atoms with Crippen LogP contribution in [0.2, 0.25) is 0 Å². The molecule has 0 spiro atoms. The van der Waals surface area contributed by atoms with Gasteiger partial charge in [-0.1, -0.05) is 6.92 Å². The van der Waals surface area contributed by atoms with Gasteiger partial charge in [-0.25, -0.2) is 9.97 Å². The average Bonchev–Trinajstić information content (AvgIpc) is 2.37. The lowest BCUT2D eigenvalue weighted by atomic mass is 10.2. The molecule has 0 radical (unpaired) electrons. The third-order valence-electron chi connectivity index (χ3n) is 2.49. The van der Waals surface area contributed by atoms with E-state index < -0.39 is 0 Å². The van der Waals surface area contributed by atoms with Crippen molar-refractivity contribution in [2.24, 2.45) is 0 Å². The van der Waals surface area contributed by atoms with E-state index in [4.69, 9.17) is 5.73 Å². The summed E-state index contributed by atoms with van der Waals surface area (Å²) in [5.41, 5.74) is 6.91. The first kappa shape index (κ1) is 12.3. The van der Waals surface area contributed by atoms with E-state index >= 15 is 0 Å². The smallest absolute Gasteiger partial charge is 0.133 e. The van der Waals surface area contributed by atoms with E-state index in [0.29, 0.717) is 12.4 Å². The van der Waals surface area contributed by atoms with Crippen LogP contribution in [0.1, 0.15) is 24.7 Å². The van der Waals surface area contributed by atoms with Crippen LogP contribution in [0.3, 0.4) is 0 Å². The first-order chi connectivity index (χ1) is 8.78. The molecule has 0 atom stereocenters. The molecule has 0 bridgehead atoms. The number of rotatable bonds is 5. The zero-order valence-corrected chi connectivity index (χ0v) is 10.4. The van der Waals surface area contributed by atoms with Gasteiger partial charge in [-0.15, -0.1) is 0 Å². The fourth-order valence-corrected chi connectivity index (χ4v) is 1.64. The van der Waals surface area contributed by atoms with Crippen LogP contribution >= 0.6 is 0 Å². The molecule has 0 fully saturated rings. The molecule has 2 aromatic rings. The molecule has 0 amide bonds. The summed E-state index contributed by atoms with van der Waals surface area (Å²) in [6.07, 6.45) is 5.39. The fraction of sp³-hybridized carbons (Fsp3) is 0.308. The summed E-state index contributed by atoms with van der Waals surface area (Å²) in [5, 5.41) is 3.24. The summed E-state index contributed by atoms with van der Waals surface area (Å²) in [7, 11) is 0. The van der Waals surface area contributed by atoms with E-state index in [2.05, 4.69) is 27.2 Å². The van der Waals surface area contributed by atoms with Gasteiger partial charge in [0, 0.05) is 31.4 Å². The monoisotopic (exact) mass is 243 g/mol. The predicted octanol–water partition coefficient (Wildman–Crippen LogP) is 2.02. The van der Waals surface area contributed by atoms with Crippen molar-refractivity contribution in [1.82, 2.24) is 15.0 Å². The van der Waals surface area contributed by atoms with Gasteiger partial charge in [-0.2, -0.15) is 0 Å². The Labute approximate surface area is 106 Å². The number of nitrogen functional groups attached to an aromatic ring is 1. The third kappa shape index (κ3) is 3.41. The van der Waals surface area contributed by atoms with Gasteiger partial charge in [-0.05, 0) is 24.1 Å². The molecule has 0 saturated heterocycles. The second kappa shape index (κ2) is 5.95. The van der Waals surface area contributed by atoms with Crippen molar-refractivity contribution in [2.75, 3.05) is 11.1 Å². The number of pyridine rings is 1. The molecule has 18 heavy (non-hydrogen) atoms. The maximum atomic E-state index is 5.76. The number of nitrogens with two attached hydrogens (primary N) is 1. The molecular formula is C13H17N5. The summed E-state index contributed by atoms with van der Waals surface area (Å²) in [6, 6.07) is 5.68. The minimum Gasteiger partial charge on any atom is -0.384 e. The molecule has 3 N–H and O–H groups in total. The Morgan fingerprint density at radius 3 is 2.72 bits per heavy atom. The Bertz CT molecular complexity index is 498. The molecule has 0 aliphatic heterocycles. The number of nitrogens with one attached hydrogen (secondary N) is 1. The normalized spacial score (nSPS) is 10.3. The van der Waals surface area contributed by atoms with Gasteiger partial charge in [0.2, 0.25) is 0 Å². The highest BCUT2D eigenvalue weighted by Gasteiger charge is 2.02. The van der Waals surface area contributed by atoms with Crippen molar-refractivity contribution < 1.29 is 0 Å². The van der Waals surface area contributed by atoms with E-state index in [1.165, 1.54) is 0 Å². The first-order valence-electron chi connectivity index (χ1n) is 6.04. The zero-order chi connectivity index (χ0) is 12.8. The third-order valence-corrected chi connectivity index (χ3v) is 2.49. The summed E-state index contributed by atoms with van der Waals surface area (Å²) in [5.74, 6) is 2.06. The molecule has 2 rings (SSSR count). The molecule has 0 aliphatic carbocycles. The molecular weight excluding hydrogens is 226 g/mol. The highest BCUT2D eigenvalue weighted by atomic mass is 15.0. The lowest BCUT2D eigenvalue weighted by Gasteiger charge is -2.08. The van der Waals surface area contributed by atoms with Crippen molar-refractivity contribution in [3.05, 3.63) is 42.0 Å². The number of aromatic nitrogens is 3. The van der Waals surface area contributed by atoms with E-state index in [1.54, 1.807) is 18.5 Å². The molecule has 94 valence electrons. The molecule has 2 aromatic heterocycles. The van der Waals surface area contributed by atoms with Crippen molar-refractivity contribution in [3.63, 3.8) is 0 Å². The molecule has 0 aromatic carbocycles. The van der Waals surface area contributed by atoms with Crippen LogP contribution < -0.4 is 11.1 Å². The second-order valence-electron chi connectivity index (χ2n) is 4.05. The van der Waals surface area contributed by atoms with Crippen LogP contribution in [0.4, 0.5) is 11.6 Å². The van der Waals surface area contributed by atoms with Crippen molar-refractivity contribution >= 4 is 11.6 Å². The van der Waals surface area contributed by atoms with Crippen LogP contribution in [0.25, 0.3) is 0 Å². The number of nitrogens with zero attached hydrogens (tertiary/aromatic N) is 3. The Kier molecular flexibility index (Phi) is 4.06. The zero-order valence-electron chi connectivity index (χ0n) is 10.4. The van der Waals surface area contributed by atoms with E-state index in [9.17, 15) is 0 Å². The SMILES string of the molecule is CCCc1nc(N)cc(NCc2ccncc2)n1. The Balaban J connectivity index is 2.05. The Morgan fingerprint density at radius 2 is 2.00 bits per heavy atom.